The molecular weight excluding hydrogens is 428 g/mol. The van der Waals surface area contributed by atoms with Crippen molar-refractivity contribution >= 4 is 0 Å². The van der Waals surface area contributed by atoms with Crippen LogP contribution in [0.1, 0.15) is 54.9 Å². The van der Waals surface area contributed by atoms with Crippen LogP contribution in [0.2, 0.25) is 0 Å². The van der Waals surface area contributed by atoms with Gasteiger partial charge in [0.2, 0.25) is 0 Å². The third-order valence-corrected chi connectivity index (χ3v) is 5.68. The van der Waals surface area contributed by atoms with Crippen molar-refractivity contribution in [3.8, 4) is 23.2 Å². The molecule has 0 spiro atoms. The van der Waals surface area contributed by atoms with Gasteiger partial charge >= 0.3 is 0 Å². The smallest absolute Gasteiger partial charge is 0.167 e. The van der Waals surface area contributed by atoms with Gasteiger partial charge in [-0.1, -0.05) is 17.0 Å². The van der Waals surface area contributed by atoms with Gasteiger partial charge in [0.05, 0.1) is 6.54 Å². The summed E-state index contributed by atoms with van der Waals surface area (Å²) in [5.74, 6) is 7.82. The Hall–Kier alpha value is -3.73. The van der Waals surface area contributed by atoms with E-state index >= 15 is 0 Å². The van der Waals surface area contributed by atoms with Crippen LogP contribution >= 0.6 is 0 Å². The number of hydrogen-bond acceptors (Lipinski definition) is 6. The summed E-state index contributed by atoms with van der Waals surface area (Å²) < 4.78 is 19.4. The maximum Gasteiger partial charge on any atom is 0.167 e. The molecular formula is C27H26N4O3. The van der Waals surface area contributed by atoms with Crippen molar-refractivity contribution in [2.45, 2.75) is 45.1 Å². The molecule has 7 nitrogen and oxygen atoms in total. The average molecular weight is 455 g/mol. The van der Waals surface area contributed by atoms with Crippen LogP contribution in [0.5, 0.6) is 0 Å². The van der Waals surface area contributed by atoms with E-state index in [1.807, 2.05) is 60.2 Å². The predicted octanol–water partition coefficient (Wildman–Crippen LogP) is 4.99. The molecule has 0 radical (unpaired) electrons. The highest BCUT2D eigenvalue weighted by Crippen LogP contribution is 2.25. The maximum atomic E-state index is 6.08. The zero-order chi connectivity index (χ0) is 23.2. The second-order valence-electron chi connectivity index (χ2n) is 8.24. The van der Waals surface area contributed by atoms with Gasteiger partial charge in [0.15, 0.2) is 12.1 Å². The fourth-order valence-electron chi connectivity index (χ4n) is 3.92. The van der Waals surface area contributed by atoms with Crippen molar-refractivity contribution in [1.29, 1.82) is 0 Å². The Kier molecular flexibility index (Phi) is 6.80. The monoisotopic (exact) mass is 454 g/mol. The standard InChI is InChI=1S/C27H26N4O3/c1-20(33-26-6-2-3-16-32-26)27-29-14-15-31(27)19-24-17-25(34-30-24)23-11-9-21(10-12-23)7-8-22-5-4-13-28-18-22/h4-5,9-15,17-18,20,26H,2-3,6,16,19H2,1H3. The summed E-state index contributed by atoms with van der Waals surface area (Å²) in [6.45, 7) is 3.31. The Bertz CT molecular complexity index is 1260. The van der Waals surface area contributed by atoms with E-state index in [2.05, 4.69) is 27.0 Å². The van der Waals surface area contributed by atoms with Gasteiger partial charge in [0.25, 0.3) is 0 Å². The zero-order valence-corrected chi connectivity index (χ0v) is 19.1. The highest BCUT2D eigenvalue weighted by Gasteiger charge is 2.21. The number of ether oxygens (including phenoxy) is 2. The van der Waals surface area contributed by atoms with Crippen molar-refractivity contribution in [2.75, 3.05) is 6.61 Å². The van der Waals surface area contributed by atoms with E-state index in [0.29, 0.717) is 12.3 Å². The molecule has 2 unspecified atom stereocenters. The third-order valence-electron chi connectivity index (χ3n) is 5.68. The molecule has 2 atom stereocenters. The van der Waals surface area contributed by atoms with Crippen molar-refractivity contribution < 1.29 is 14.0 Å². The van der Waals surface area contributed by atoms with Gasteiger partial charge in [0.1, 0.15) is 17.6 Å². The molecule has 1 aliphatic rings. The minimum atomic E-state index is -0.176. The first-order valence-corrected chi connectivity index (χ1v) is 11.5. The topological polar surface area (TPSA) is 75.2 Å². The van der Waals surface area contributed by atoms with Crippen molar-refractivity contribution in [3.63, 3.8) is 0 Å². The van der Waals surface area contributed by atoms with Crippen molar-refractivity contribution in [3.05, 3.63) is 89.9 Å². The number of imidazole rings is 1. The first-order chi connectivity index (χ1) is 16.7. The Morgan fingerprint density at radius 1 is 1.12 bits per heavy atom. The fourth-order valence-corrected chi connectivity index (χ4v) is 3.92. The van der Waals surface area contributed by atoms with E-state index in [4.69, 9.17) is 14.0 Å². The molecule has 0 amide bonds. The summed E-state index contributed by atoms with van der Waals surface area (Å²) in [5, 5.41) is 4.26. The molecule has 1 saturated heterocycles. The first kappa shape index (κ1) is 22.1. The lowest BCUT2D eigenvalue weighted by Crippen LogP contribution is -2.24. The first-order valence-electron chi connectivity index (χ1n) is 11.5. The fraction of sp³-hybridized carbons (Fsp3) is 0.296. The summed E-state index contributed by atoms with van der Waals surface area (Å²) in [5.41, 5.74) is 3.57. The van der Waals surface area contributed by atoms with Gasteiger partial charge in [-0.3, -0.25) is 4.98 Å². The molecule has 0 aliphatic carbocycles. The number of hydrogen-bond donors (Lipinski definition) is 0. The predicted molar refractivity (Wildman–Crippen MR) is 127 cm³/mol. The van der Waals surface area contributed by atoms with Crippen LogP contribution in [0, 0.1) is 11.8 Å². The molecule has 1 aromatic carbocycles. The molecule has 0 N–H and O–H groups in total. The van der Waals surface area contributed by atoms with Crippen LogP contribution in [-0.4, -0.2) is 32.6 Å². The van der Waals surface area contributed by atoms with Crippen LogP contribution in [0.3, 0.4) is 0 Å². The SMILES string of the molecule is CC(OC1CCCCO1)c1nccn1Cc1cc(-c2ccc(C#Cc3cccnc3)cc2)on1. The molecule has 4 aromatic rings. The van der Waals surface area contributed by atoms with Gasteiger partial charge in [0, 0.05) is 54.2 Å². The van der Waals surface area contributed by atoms with Gasteiger partial charge in [-0.2, -0.15) is 0 Å². The van der Waals surface area contributed by atoms with Crippen LogP contribution in [-0.2, 0) is 16.0 Å². The molecule has 172 valence electrons. The number of rotatable bonds is 6. The Balaban J connectivity index is 1.24. The molecule has 0 bridgehead atoms. The summed E-state index contributed by atoms with van der Waals surface area (Å²) in [7, 11) is 0. The van der Waals surface area contributed by atoms with Gasteiger partial charge in [-0.05, 0) is 62.6 Å². The number of aromatic nitrogens is 4. The van der Waals surface area contributed by atoms with E-state index in [9.17, 15) is 0 Å². The minimum Gasteiger partial charge on any atom is -0.356 e. The summed E-state index contributed by atoms with van der Waals surface area (Å²) in [4.78, 5) is 8.58. The number of pyridine rings is 1. The summed E-state index contributed by atoms with van der Waals surface area (Å²) in [6, 6.07) is 13.7. The van der Waals surface area contributed by atoms with Crippen molar-refractivity contribution in [2.24, 2.45) is 0 Å². The number of nitrogens with zero attached hydrogens (tertiary/aromatic N) is 4. The van der Waals surface area contributed by atoms with Gasteiger partial charge < -0.3 is 18.6 Å². The maximum absolute atomic E-state index is 6.08. The van der Waals surface area contributed by atoms with E-state index in [-0.39, 0.29) is 12.4 Å². The molecule has 4 heterocycles. The second kappa shape index (κ2) is 10.5. The lowest BCUT2D eigenvalue weighted by Gasteiger charge is -2.26. The summed E-state index contributed by atoms with van der Waals surface area (Å²) >= 11 is 0. The van der Waals surface area contributed by atoms with Crippen LogP contribution < -0.4 is 0 Å². The molecule has 3 aromatic heterocycles. The zero-order valence-electron chi connectivity index (χ0n) is 19.1. The lowest BCUT2D eigenvalue weighted by atomic mass is 10.1. The van der Waals surface area contributed by atoms with Gasteiger partial charge in [-0.15, -0.1) is 0 Å². The van der Waals surface area contributed by atoms with E-state index in [0.717, 1.165) is 54.1 Å². The Morgan fingerprint density at radius 3 is 2.79 bits per heavy atom. The highest BCUT2D eigenvalue weighted by atomic mass is 16.7. The molecule has 0 saturated carbocycles. The van der Waals surface area contributed by atoms with E-state index in [1.165, 1.54) is 0 Å². The van der Waals surface area contributed by atoms with Crippen LogP contribution in [0.15, 0.2) is 71.8 Å². The molecule has 1 aliphatic heterocycles. The van der Waals surface area contributed by atoms with Crippen LogP contribution in [0.4, 0.5) is 0 Å². The van der Waals surface area contributed by atoms with Gasteiger partial charge in [-0.25, -0.2) is 4.98 Å². The minimum absolute atomic E-state index is 0.162. The molecule has 7 heteroatoms. The van der Waals surface area contributed by atoms with E-state index in [1.54, 1.807) is 18.6 Å². The van der Waals surface area contributed by atoms with Crippen LogP contribution in [0.25, 0.3) is 11.3 Å². The average Bonchev–Trinajstić information content (AvgIpc) is 3.55. The van der Waals surface area contributed by atoms with E-state index < -0.39 is 0 Å². The number of benzene rings is 1. The molecule has 34 heavy (non-hydrogen) atoms. The van der Waals surface area contributed by atoms with Crippen molar-refractivity contribution in [1.82, 2.24) is 19.7 Å². The normalized spacial score (nSPS) is 16.6. The molecule has 5 rings (SSSR count). The highest BCUT2D eigenvalue weighted by molar-refractivity contribution is 5.59. The Labute approximate surface area is 198 Å². The quantitative estimate of drug-likeness (QED) is 0.382. The largest absolute Gasteiger partial charge is 0.356 e. The Morgan fingerprint density at radius 2 is 2.00 bits per heavy atom. The third kappa shape index (κ3) is 5.42. The lowest BCUT2D eigenvalue weighted by molar-refractivity contribution is -0.188. The summed E-state index contributed by atoms with van der Waals surface area (Å²) in [6.07, 6.45) is 10.0. The second-order valence-corrected chi connectivity index (χ2v) is 8.24. The molecule has 1 fully saturated rings.